The summed E-state index contributed by atoms with van der Waals surface area (Å²) in [6.45, 7) is 6.98. The van der Waals surface area contributed by atoms with E-state index in [2.05, 4.69) is 0 Å². The zero-order valence-electron chi connectivity index (χ0n) is 18.5. The second kappa shape index (κ2) is 8.32. The molecule has 0 aliphatic rings. The Hall–Kier alpha value is -3.16. The molecule has 0 fully saturated rings. The van der Waals surface area contributed by atoms with E-state index in [9.17, 15) is 26.3 Å². The van der Waals surface area contributed by atoms with Crippen LogP contribution in [0.2, 0.25) is 0 Å². The largest absolute Gasteiger partial charge is 0.416 e. The average molecular weight is 466 g/mol. The summed E-state index contributed by atoms with van der Waals surface area (Å²) in [4.78, 5) is 0. The quantitative estimate of drug-likeness (QED) is 0.242. The maximum atomic E-state index is 13.6. The van der Waals surface area contributed by atoms with Crippen molar-refractivity contribution in [1.82, 2.24) is 0 Å². The molecule has 3 rings (SSSR count). The number of rotatable bonds is 3. The number of alkyl halides is 6. The van der Waals surface area contributed by atoms with Crippen molar-refractivity contribution in [2.24, 2.45) is 0 Å². The van der Waals surface area contributed by atoms with Crippen molar-refractivity contribution in [2.75, 3.05) is 11.5 Å². The number of aryl methyl sites for hydroxylation is 4. The fraction of sp³-hybridized carbons (Fsp3) is 0.280. The van der Waals surface area contributed by atoms with Crippen LogP contribution in [0.1, 0.15) is 56.0 Å². The van der Waals surface area contributed by atoms with Gasteiger partial charge in [0.2, 0.25) is 0 Å². The summed E-state index contributed by atoms with van der Waals surface area (Å²) < 4.78 is 81.4. The van der Waals surface area contributed by atoms with Gasteiger partial charge in [-0.15, -0.1) is 0 Å². The van der Waals surface area contributed by atoms with Crippen LogP contribution in [0.15, 0.2) is 42.5 Å². The molecule has 0 spiro atoms. The predicted molar refractivity (Wildman–Crippen MR) is 118 cm³/mol. The first-order chi connectivity index (χ1) is 15.1. The van der Waals surface area contributed by atoms with Gasteiger partial charge in [0, 0.05) is 17.3 Å². The second-order valence-electron chi connectivity index (χ2n) is 8.41. The maximum Gasteiger partial charge on any atom is 0.416 e. The molecule has 0 heterocycles. The smallest absolute Gasteiger partial charge is 0.398 e. The highest BCUT2D eigenvalue weighted by Crippen LogP contribution is 2.42. The van der Waals surface area contributed by atoms with E-state index in [1.807, 2.05) is 0 Å². The van der Waals surface area contributed by atoms with E-state index in [1.165, 1.54) is 0 Å². The van der Waals surface area contributed by atoms with Crippen LogP contribution in [0, 0.1) is 27.7 Å². The SMILES string of the molecule is Cc1cc(C(c2cc(C(F)(F)F)cc(C(F)(F)F)c2)c2cc(C)c(N)c(C)c2)cc(C)c1N. The van der Waals surface area contributed by atoms with Crippen LogP contribution < -0.4 is 11.5 Å². The molecule has 0 aliphatic carbocycles. The molecule has 0 unspecified atom stereocenters. The normalized spacial score (nSPS) is 12.5. The highest BCUT2D eigenvalue weighted by atomic mass is 19.4. The van der Waals surface area contributed by atoms with Crippen molar-refractivity contribution in [3.63, 3.8) is 0 Å². The van der Waals surface area contributed by atoms with E-state index in [0.717, 1.165) is 12.1 Å². The number of hydrogen-bond acceptors (Lipinski definition) is 2. The third-order valence-corrected chi connectivity index (χ3v) is 5.84. The molecule has 0 aliphatic heterocycles. The topological polar surface area (TPSA) is 52.0 Å². The van der Waals surface area contributed by atoms with E-state index in [4.69, 9.17) is 11.5 Å². The first kappa shape index (κ1) is 24.5. The van der Waals surface area contributed by atoms with Crippen LogP contribution >= 0.6 is 0 Å². The molecule has 0 saturated carbocycles. The first-order valence-electron chi connectivity index (χ1n) is 10.1. The van der Waals surface area contributed by atoms with Crippen LogP contribution in [0.25, 0.3) is 0 Å². The number of benzene rings is 3. The molecule has 0 radical (unpaired) electrons. The number of hydrogen-bond donors (Lipinski definition) is 2. The van der Waals surface area contributed by atoms with Crippen molar-refractivity contribution in [2.45, 2.75) is 46.0 Å². The fourth-order valence-corrected chi connectivity index (χ4v) is 4.07. The Kier molecular flexibility index (Phi) is 6.17. The summed E-state index contributed by atoms with van der Waals surface area (Å²) in [5, 5.41) is 0. The Labute approximate surface area is 188 Å². The van der Waals surface area contributed by atoms with Crippen LogP contribution in [-0.4, -0.2) is 0 Å². The number of halogens is 6. The number of nitrogens with two attached hydrogens (primary N) is 2. The van der Waals surface area contributed by atoms with Gasteiger partial charge in [-0.05, 0) is 84.8 Å². The molecule has 0 aromatic heterocycles. The molecule has 33 heavy (non-hydrogen) atoms. The molecule has 0 saturated heterocycles. The van der Waals surface area contributed by atoms with Crippen molar-refractivity contribution in [1.29, 1.82) is 0 Å². The molecule has 4 N–H and O–H groups in total. The lowest BCUT2D eigenvalue weighted by atomic mass is 9.81. The molecule has 0 bridgehead atoms. The molecular formula is C25H24F6N2. The van der Waals surface area contributed by atoms with Crippen LogP contribution in [0.3, 0.4) is 0 Å². The second-order valence-corrected chi connectivity index (χ2v) is 8.41. The van der Waals surface area contributed by atoms with Gasteiger partial charge in [-0.3, -0.25) is 0 Å². The fourth-order valence-electron chi connectivity index (χ4n) is 4.07. The Morgan fingerprint density at radius 3 is 1.06 bits per heavy atom. The first-order valence-corrected chi connectivity index (χ1v) is 10.1. The number of nitrogen functional groups attached to an aromatic ring is 2. The van der Waals surface area contributed by atoms with Crippen LogP contribution in [0.5, 0.6) is 0 Å². The predicted octanol–water partition coefficient (Wildman–Crippen LogP) is 7.30. The molecule has 176 valence electrons. The van der Waals surface area contributed by atoms with Gasteiger partial charge in [0.15, 0.2) is 0 Å². The zero-order chi connectivity index (χ0) is 24.9. The standard InChI is InChI=1S/C25H24F6N2/c1-12-5-16(6-13(2)22(12)32)21(17-7-14(3)23(33)15(4)8-17)18-9-19(24(26,27)28)11-20(10-18)25(29,30)31/h5-11,21H,32-33H2,1-4H3. The monoisotopic (exact) mass is 466 g/mol. The Morgan fingerprint density at radius 2 is 0.788 bits per heavy atom. The summed E-state index contributed by atoms with van der Waals surface area (Å²) in [6, 6.07) is 8.48. The van der Waals surface area contributed by atoms with E-state index in [1.54, 1.807) is 52.0 Å². The molecule has 3 aromatic rings. The van der Waals surface area contributed by atoms with Crippen LogP contribution in [0.4, 0.5) is 37.7 Å². The third kappa shape index (κ3) is 4.94. The van der Waals surface area contributed by atoms with Gasteiger partial charge in [0.1, 0.15) is 0 Å². The van der Waals surface area contributed by atoms with E-state index < -0.39 is 29.4 Å². The minimum absolute atomic E-state index is 0.121. The van der Waals surface area contributed by atoms with Crippen molar-refractivity contribution >= 4 is 11.4 Å². The summed E-state index contributed by atoms with van der Waals surface area (Å²) >= 11 is 0. The third-order valence-electron chi connectivity index (χ3n) is 5.84. The van der Waals surface area contributed by atoms with Gasteiger partial charge in [-0.1, -0.05) is 24.3 Å². The van der Waals surface area contributed by atoms with Crippen LogP contribution in [-0.2, 0) is 12.4 Å². The minimum atomic E-state index is -4.94. The van der Waals surface area contributed by atoms with Gasteiger partial charge >= 0.3 is 12.4 Å². The van der Waals surface area contributed by atoms with Gasteiger partial charge < -0.3 is 11.5 Å². The van der Waals surface area contributed by atoms with E-state index in [-0.39, 0.29) is 11.6 Å². The Balaban J connectivity index is 2.40. The number of anilines is 2. The average Bonchev–Trinajstić information content (AvgIpc) is 2.68. The lowest BCUT2D eigenvalue weighted by molar-refractivity contribution is -0.143. The van der Waals surface area contributed by atoms with Gasteiger partial charge in [-0.25, -0.2) is 0 Å². The molecule has 3 aromatic carbocycles. The highest BCUT2D eigenvalue weighted by molar-refractivity contribution is 5.61. The molecular weight excluding hydrogens is 442 g/mol. The zero-order valence-corrected chi connectivity index (χ0v) is 18.5. The van der Waals surface area contributed by atoms with Gasteiger partial charge in [0.25, 0.3) is 0 Å². The molecule has 0 amide bonds. The van der Waals surface area contributed by atoms with E-state index in [0.29, 0.717) is 44.8 Å². The lowest BCUT2D eigenvalue weighted by Crippen LogP contribution is -2.14. The van der Waals surface area contributed by atoms with Crippen molar-refractivity contribution in [3.8, 4) is 0 Å². The summed E-state index contributed by atoms with van der Waals surface area (Å²) in [7, 11) is 0. The van der Waals surface area contributed by atoms with Crippen molar-refractivity contribution < 1.29 is 26.3 Å². The van der Waals surface area contributed by atoms with Gasteiger partial charge in [-0.2, -0.15) is 26.3 Å². The Morgan fingerprint density at radius 1 is 0.515 bits per heavy atom. The molecule has 2 nitrogen and oxygen atoms in total. The van der Waals surface area contributed by atoms with Crippen molar-refractivity contribution in [3.05, 3.63) is 92.5 Å². The maximum absolute atomic E-state index is 13.6. The minimum Gasteiger partial charge on any atom is -0.398 e. The molecule has 0 atom stereocenters. The Bertz CT molecular complexity index is 1070. The van der Waals surface area contributed by atoms with E-state index >= 15 is 0 Å². The lowest BCUT2D eigenvalue weighted by Gasteiger charge is -2.24. The van der Waals surface area contributed by atoms with Gasteiger partial charge in [0.05, 0.1) is 11.1 Å². The summed E-state index contributed by atoms with van der Waals surface area (Å²) in [5.74, 6) is -0.899. The summed E-state index contributed by atoms with van der Waals surface area (Å²) in [6.07, 6.45) is -9.89. The summed E-state index contributed by atoms with van der Waals surface area (Å²) in [5.41, 5.74) is 14.1. The molecule has 8 heteroatoms. The highest BCUT2D eigenvalue weighted by Gasteiger charge is 2.38.